The van der Waals surface area contributed by atoms with Gasteiger partial charge in [0.1, 0.15) is 0 Å². The lowest BCUT2D eigenvalue weighted by atomic mass is 9.84. The first-order chi connectivity index (χ1) is 10.7. The Morgan fingerprint density at radius 2 is 1.52 bits per heavy atom. The van der Waals surface area contributed by atoms with E-state index in [1.165, 1.54) is 34.0 Å². The fraction of sp³-hybridized carbons (Fsp3) is 0.571. The van der Waals surface area contributed by atoms with E-state index in [0.29, 0.717) is 17.8 Å². The zero-order chi connectivity index (χ0) is 17.6. The van der Waals surface area contributed by atoms with Crippen LogP contribution in [0, 0.1) is 0 Å². The van der Waals surface area contributed by atoms with Crippen LogP contribution in [0.3, 0.4) is 0 Å². The van der Waals surface area contributed by atoms with Gasteiger partial charge in [0.2, 0.25) is 0 Å². The van der Waals surface area contributed by atoms with Crippen molar-refractivity contribution in [3.63, 3.8) is 0 Å². The van der Waals surface area contributed by atoms with Crippen molar-refractivity contribution in [2.75, 3.05) is 5.75 Å². The SMILES string of the molecule is CC(=O)SCCC=Cc1c(C(C)C)cc(C(C)C)cc1C(C)C. The van der Waals surface area contributed by atoms with Crippen LogP contribution >= 0.6 is 11.8 Å². The van der Waals surface area contributed by atoms with Crippen molar-refractivity contribution in [3.8, 4) is 0 Å². The average molecular weight is 333 g/mol. The van der Waals surface area contributed by atoms with Gasteiger partial charge in [-0.15, -0.1) is 0 Å². The quantitative estimate of drug-likeness (QED) is 0.514. The number of allylic oxidation sites excluding steroid dienone is 1. The van der Waals surface area contributed by atoms with Gasteiger partial charge in [-0.2, -0.15) is 0 Å². The van der Waals surface area contributed by atoms with Gasteiger partial charge in [0.15, 0.2) is 5.12 Å². The van der Waals surface area contributed by atoms with Crippen LogP contribution in [-0.2, 0) is 4.79 Å². The summed E-state index contributed by atoms with van der Waals surface area (Å²) in [6, 6.07) is 4.76. The molecule has 128 valence electrons. The van der Waals surface area contributed by atoms with E-state index in [0.717, 1.165) is 12.2 Å². The van der Waals surface area contributed by atoms with E-state index in [-0.39, 0.29) is 5.12 Å². The molecule has 0 heterocycles. The van der Waals surface area contributed by atoms with Crippen LogP contribution in [0.5, 0.6) is 0 Å². The predicted octanol–water partition coefficient (Wildman–Crippen LogP) is 6.74. The molecule has 0 radical (unpaired) electrons. The smallest absolute Gasteiger partial charge is 0.185 e. The summed E-state index contributed by atoms with van der Waals surface area (Å²) >= 11 is 1.40. The molecule has 1 aromatic rings. The van der Waals surface area contributed by atoms with Crippen LogP contribution in [-0.4, -0.2) is 10.9 Å². The second-order valence-corrected chi connectivity index (χ2v) is 8.38. The number of thioether (sulfide) groups is 1. The molecule has 0 saturated heterocycles. The lowest BCUT2D eigenvalue weighted by Gasteiger charge is -2.21. The lowest BCUT2D eigenvalue weighted by molar-refractivity contribution is -0.109. The molecule has 0 saturated carbocycles. The van der Waals surface area contributed by atoms with Gasteiger partial charge < -0.3 is 0 Å². The molecule has 1 aromatic carbocycles. The second-order valence-electron chi connectivity index (χ2n) is 7.11. The fourth-order valence-corrected chi connectivity index (χ4v) is 3.22. The van der Waals surface area contributed by atoms with E-state index in [1.807, 2.05) is 0 Å². The van der Waals surface area contributed by atoms with E-state index in [4.69, 9.17) is 0 Å². The molecule has 0 aliphatic carbocycles. The Kier molecular flexibility index (Phi) is 8.11. The molecule has 1 nitrogen and oxygen atoms in total. The van der Waals surface area contributed by atoms with E-state index in [2.05, 4.69) is 65.8 Å². The number of rotatable bonds is 7. The van der Waals surface area contributed by atoms with Crippen LogP contribution in [0.4, 0.5) is 0 Å². The van der Waals surface area contributed by atoms with Crippen molar-refractivity contribution in [2.24, 2.45) is 0 Å². The Labute approximate surface area is 147 Å². The minimum Gasteiger partial charge on any atom is -0.288 e. The molecule has 2 heteroatoms. The molecule has 23 heavy (non-hydrogen) atoms. The number of hydrogen-bond acceptors (Lipinski definition) is 2. The molecule has 1 rings (SSSR count). The fourth-order valence-electron chi connectivity index (χ4n) is 2.68. The first-order valence-electron chi connectivity index (χ1n) is 8.71. The van der Waals surface area contributed by atoms with Gasteiger partial charge in [0.25, 0.3) is 0 Å². The van der Waals surface area contributed by atoms with Gasteiger partial charge in [0, 0.05) is 12.7 Å². The second kappa shape index (κ2) is 9.32. The molecule has 0 aliphatic rings. The van der Waals surface area contributed by atoms with Crippen molar-refractivity contribution < 1.29 is 4.79 Å². The zero-order valence-corrected chi connectivity index (χ0v) is 16.6. The van der Waals surface area contributed by atoms with Crippen LogP contribution in [0.15, 0.2) is 18.2 Å². The van der Waals surface area contributed by atoms with E-state index >= 15 is 0 Å². The highest BCUT2D eigenvalue weighted by Gasteiger charge is 2.15. The minimum absolute atomic E-state index is 0.199. The molecule has 0 amide bonds. The van der Waals surface area contributed by atoms with Crippen LogP contribution in [0.2, 0.25) is 0 Å². The minimum atomic E-state index is 0.199. The summed E-state index contributed by atoms with van der Waals surface area (Å²) in [5, 5.41) is 0.199. The Morgan fingerprint density at radius 1 is 1.00 bits per heavy atom. The summed E-state index contributed by atoms with van der Waals surface area (Å²) in [6.45, 7) is 15.2. The highest BCUT2D eigenvalue weighted by atomic mass is 32.2. The standard InChI is InChI=1S/C21H32OS/c1-14(2)18-12-20(15(3)4)19(21(13-18)16(5)6)10-8-9-11-23-17(7)22/h8,10,12-16H,9,11H2,1-7H3. The number of carbonyl (C=O) groups excluding carboxylic acids is 1. The summed E-state index contributed by atoms with van der Waals surface area (Å²) in [7, 11) is 0. The molecule has 0 atom stereocenters. The molecule has 0 fully saturated rings. The topological polar surface area (TPSA) is 17.1 Å². The van der Waals surface area contributed by atoms with Crippen LogP contribution in [0.25, 0.3) is 6.08 Å². The normalized spacial score (nSPS) is 12.1. The third-order valence-electron chi connectivity index (χ3n) is 4.05. The van der Waals surface area contributed by atoms with Gasteiger partial charge in [-0.3, -0.25) is 4.79 Å². The molecule has 0 aliphatic heterocycles. The van der Waals surface area contributed by atoms with E-state index in [9.17, 15) is 4.79 Å². The Balaban J connectivity index is 3.16. The monoisotopic (exact) mass is 332 g/mol. The molecular formula is C21H32OS. The highest BCUT2D eigenvalue weighted by Crippen LogP contribution is 2.33. The summed E-state index contributed by atoms with van der Waals surface area (Å²) in [4.78, 5) is 11.0. The van der Waals surface area contributed by atoms with E-state index in [1.54, 1.807) is 6.92 Å². The Morgan fingerprint density at radius 3 is 1.91 bits per heavy atom. The van der Waals surface area contributed by atoms with Crippen LogP contribution < -0.4 is 0 Å². The van der Waals surface area contributed by atoms with Gasteiger partial charge in [-0.25, -0.2) is 0 Å². The Hall–Kier alpha value is -1.02. The van der Waals surface area contributed by atoms with Crippen LogP contribution in [0.1, 0.15) is 94.9 Å². The van der Waals surface area contributed by atoms with Crippen molar-refractivity contribution in [1.29, 1.82) is 0 Å². The molecule has 0 spiro atoms. The molecule has 0 aromatic heterocycles. The maximum absolute atomic E-state index is 11.0. The molecule has 0 bridgehead atoms. The van der Waals surface area contributed by atoms with Gasteiger partial charge >= 0.3 is 0 Å². The highest BCUT2D eigenvalue weighted by molar-refractivity contribution is 8.13. The predicted molar refractivity (Wildman–Crippen MR) is 105 cm³/mol. The third kappa shape index (κ3) is 6.18. The largest absolute Gasteiger partial charge is 0.288 e. The van der Waals surface area contributed by atoms with E-state index < -0.39 is 0 Å². The van der Waals surface area contributed by atoms with Crippen molar-refractivity contribution in [3.05, 3.63) is 40.5 Å². The lowest BCUT2D eigenvalue weighted by Crippen LogP contribution is -2.03. The number of benzene rings is 1. The van der Waals surface area contributed by atoms with Crippen molar-refractivity contribution in [1.82, 2.24) is 0 Å². The maximum Gasteiger partial charge on any atom is 0.185 e. The first-order valence-corrected chi connectivity index (χ1v) is 9.70. The molecule has 0 unspecified atom stereocenters. The Bertz CT molecular complexity index is 524. The number of hydrogen-bond donors (Lipinski definition) is 0. The molecular weight excluding hydrogens is 300 g/mol. The van der Waals surface area contributed by atoms with Gasteiger partial charge in [-0.1, -0.05) is 77.6 Å². The third-order valence-corrected chi connectivity index (χ3v) is 4.90. The summed E-state index contributed by atoms with van der Waals surface area (Å²) in [5.74, 6) is 2.44. The first kappa shape index (κ1) is 20.0. The van der Waals surface area contributed by atoms with Gasteiger partial charge in [0.05, 0.1) is 0 Å². The summed E-state index contributed by atoms with van der Waals surface area (Å²) < 4.78 is 0. The molecule has 0 N–H and O–H groups in total. The summed E-state index contributed by atoms with van der Waals surface area (Å²) in [6.07, 6.45) is 5.43. The average Bonchev–Trinajstić information content (AvgIpc) is 2.45. The van der Waals surface area contributed by atoms with Crippen molar-refractivity contribution >= 4 is 23.0 Å². The number of carbonyl (C=O) groups is 1. The zero-order valence-electron chi connectivity index (χ0n) is 15.8. The van der Waals surface area contributed by atoms with Crippen molar-refractivity contribution in [2.45, 2.75) is 72.6 Å². The van der Waals surface area contributed by atoms with Gasteiger partial charge in [-0.05, 0) is 46.4 Å². The maximum atomic E-state index is 11.0. The summed E-state index contributed by atoms with van der Waals surface area (Å²) in [5.41, 5.74) is 5.69.